The van der Waals surface area contributed by atoms with Gasteiger partial charge in [0.1, 0.15) is 0 Å². The van der Waals surface area contributed by atoms with E-state index < -0.39 is 5.97 Å². The van der Waals surface area contributed by atoms with Crippen LogP contribution in [0.25, 0.3) is 0 Å². The molecule has 0 saturated carbocycles. The molecule has 1 unspecified atom stereocenters. The minimum absolute atomic E-state index is 0.0463. The monoisotopic (exact) mass is 299 g/mol. The highest BCUT2D eigenvalue weighted by Crippen LogP contribution is 2.20. The van der Waals surface area contributed by atoms with Crippen molar-refractivity contribution in [3.05, 3.63) is 0 Å². The fourth-order valence-corrected chi connectivity index (χ4v) is 2.55. The van der Waals surface area contributed by atoms with Gasteiger partial charge in [0, 0.05) is 40.3 Å². The Labute approximate surface area is 125 Å². The molecule has 0 spiro atoms. The number of hydrogen-bond acceptors (Lipinski definition) is 3. The van der Waals surface area contributed by atoms with Crippen LogP contribution in [0.4, 0.5) is 4.79 Å². The molecule has 1 rings (SSSR count). The number of amides is 3. The minimum Gasteiger partial charge on any atom is -0.481 e. The van der Waals surface area contributed by atoms with Crippen molar-refractivity contribution in [2.24, 2.45) is 5.92 Å². The standard InChI is InChI=1S/C14H25N3O4/c1-4-16(9-7-12(18)19)13(20)11-6-5-8-17(10-11)14(21)15(2)3/h11H,4-10H2,1-3H3,(H,18,19). The number of piperidine rings is 1. The Balaban J connectivity index is 2.63. The third-order valence-electron chi connectivity index (χ3n) is 3.71. The Morgan fingerprint density at radius 2 is 1.95 bits per heavy atom. The Morgan fingerprint density at radius 3 is 2.48 bits per heavy atom. The van der Waals surface area contributed by atoms with Crippen molar-refractivity contribution in [2.45, 2.75) is 26.2 Å². The van der Waals surface area contributed by atoms with Crippen LogP contribution in [0.2, 0.25) is 0 Å². The van der Waals surface area contributed by atoms with Crippen molar-refractivity contribution in [2.75, 3.05) is 40.3 Å². The van der Waals surface area contributed by atoms with Crippen molar-refractivity contribution < 1.29 is 19.5 Å². The Hall–Kier alpha value is -1.79. The van der Waals surface area contributed by atoms with Gasteiger partial charge in [-0.15, -0.1) is 0 Å². The summed E-state index contributed by atoms with van der Waals surface area (Å²) >= 11 is 0. The summed E-state index contributed by atoms with van der Waals surface area (Å²) in [5.41, 5.74) is 0. The van der Waals surface area contributed by atoms with Crippen LogP contribution in [0.1, 0.15) is 26.2 Å². The van der Waals surface area contributed by atoms with Crippen LogP contribution in [0.5, 0.6) is 0 Å². The second kappa shape index (κ2) is 7.85. The molecule has 120 valence electrons. The summed E-state index contributed by atoms with van der Waals surface area (Å²) in [6.45, 7) is 3.64. The molecule has 0 aromatic rings. The number of rotatable bonds is 5. The predicted molar refractivity (Wildman–Crippen MR) is 77.9 cm³/mol. The summed E-state index contributed by atoms with van der Waals surface area (Å²) < 4.78 is 0. The van der Waals surface area contributed by atoms with E-state index in [-0.39, 0.29) is 30.8 Å². The van der Waals surface area contributed by atoms with Gasteiger partial charge in [-0.1, -0.05) is 0 Å². The molecule has 1 fully saturated rings. The first-order valence-corrected chi connectivity index (χ1v) is 7.33. The number of likely N-dealkylation sites (tertiary alicyclic amines) is 1. The first kappa shape index (κ1) is 17.3. The maximum absolute atomic E-state index is 12.5. The lowest BCUT2D eigenvalue weighted by molar-refractivity contribution is -0.140. The largest absolute Gasteiger partial charge is 0.481 e. The zero-order valence-corrected chi connectivity index (χ0v) is 13.0. The van der Waals surface area contributed by atoms with E-state index in [1.54, 1.807) is 23.9 Å². The van der Waals surface area contributed by atoms with Crippen molar-refractivity contribution in [1.82, 2.24) is 14.7 Å². The molecule has 1 aliphatic heterocycles. The molecular weight excluding hydrogens is 274 g/mol. The first-order chi connectivity index (χ1) is 9.86. The van der Waals surface area contributed by atoms with Gasteiger partial charge in [0.2, 0.25) is 5.91 Å². The number of hydrogen-bond donors (Lipinski definition) is 1. The third kappa shape index (κ3) is 4.91. The zero-order chi connectivity index (χ0) is 16.0. The summed E-state index contributed by atoms with van der Waals surface area (Å²) in [6, 6.07) is -0.0823. The number of carbonyl (C=O) groups excluding carboxylic acids is 2. The molecule has 1 atom stereocenters. The molecular formula is C14H25N3O4. The average molecular weight is 299 g/mol. The van der Waals surface area contributed by atoms with E-state index in [1.807, 2.05) is 6.92 Å². The van der Waals surface area contributed by atoms with Gasteiger partial charge in [0.05, 0.1) is 12.3 Å². The van der Waals surface area contributed by atoms with Gasteiger partial charge in [-0.05, 0) is 19.8 Å². The van der Waals surface area contributed by atoms with Gasteiger partial charge < -0.3 is 19.8 Å². The van der Waals surface area contributed by atoms with Gasteiger partial charge in [0.15, 0.2) is 0 Å². The van der Waals surface area contributed by atoms with Gasteiger partial charge in [-0.2, -0.15) is 0 Å². The normalized spacial score (nSPS) is 18.2. The zero-order valence-electron chi connectivity index (χ0n) is 13.0. The lowest BCUT2D eigenvalue weighted by Gasteiger charge is -2.35. The van der Waals surface area contributed by atoms with E-state index in [0.29, 0.717) is 19.6 Å². The summed E-state index contributed by atoms with van der Waals surface area (Å²) in [5.74, 6) is -1.18. The molecule has 0 aromatic carbocycles. The molecule has 3 amide bonds. The van der Waals surface area contributed by atoms with Crippen LogP contribution < -0.4 is 0 Å². The Morgan fingerprint density at radius 1 is 1.29 bits per heavy atom. The smallest absolute Gasteiger partial charge is 0.319 e. The van der Waals surface area contributed by atoms with E-state index >= 15 is 0 Å². The molecule has 7 nitrogen and oxygen atoms in total. The second-order valence-corrected chi connectivity index (χ2v) is 5.52. The van der Waals surface area contributed by atoms with Crippen molar-refractivity contribution in [1.29, 1.82) is 0 Å². The fourth-order valence-electron chi connectivity index (χ4n) is 2.55. The molecule has 7 heteroatoms. The quantitative estimate of drug-likeness (QED) is 0.810. The van der Waals surface area contributed by atoms with Gasteiger partial charge >= 0.3 is 12.0 Å². The molecule has 1 N–H and O–H groups in total. The molecule has 1 heterocycles. The molecule has 0 bridgehead atoms. The van der Waals surface area contributed by atoms with E-state index in [1.165, 1.54) is 4.90 Å². The van der Waals surface area contributed by atoms with Crippen molar-refractivity contribution >= 4 is 17.9 Å². The Bertz CT molecular complexity index is 398. The predicted octanol–water partition coefficient (Wildman–Crippen LogP) is 0.703. The van der Waals surface area contributed by atoms with Crippen LogP contribution in [-0.4, -0.2) is 78.0 Å². The van der Waals surface area contributed by atoms with E-state index in [2.05, 4.69) is 0 Å². The lowest BCUT2D eigenvalue weighted by atomic mass is 9.96. The molecule has 1 saturated heterocycles. The minimum atomic E-state index is -0.908. The molecule has 21 heavy (non-hydrogen) atoms. The maximum Gasteiger partial charge on any atom is 0.319 e. The third-order valence-corrected chi connectivity index (χ3v) is 3.71. The van der Waals surface area contributed by atoms with Gasteiger partial charge in [0.25, 0.3) is 0 Å². The van der Waals surface area contributed by atoms with Crippen LogP contribution in [0.3, 0.4) is 0 Å². The van der Waals surface area contributed by atoms with Crippen molar-refractivity contribution in [3.8, 4) is 0 Å². The summed E-state index contributed by atoms with van der Waals surface area (Å²) in [6.07, 6.45) is 1.50. The summed E-state index contributed by atoms with van der Waals surface area (Å²) in [5, 5.41) is 8.73. The molecule has 1 aliphatic rings. The summed E-state index contributed by atoms with van der Waals surface area (Å²) in [4.78, 5) is 39.8. The van der Waals surface area contributed by atoms with Gasteiger partial charge in [-0.25, -0.2) is 4.79 Å². The van der Waals surface area contributed by atoms with Crippen LogP contribution in [0.15, 0.2) is 0 Å². The number of urea groups is 1. The first-order valence-electron chi connectivity index (χ1n) is 7.33. The SMILES string of the molecule is CCN(CCC(=O)O)C(=O)C1CCCN(C(=O)N(C)C)C1. The topological polar surface area (TPSA) is 81.2 Å². The van der Waals surface area contributed by atoms with Crippen LogP contribution >= 0.6 is 0 Å². The highest BCUT2D eigenvalue weighted by molar-refractivity contribution is 5.81. The lowest BCUT2D eigenvalue weighted by Crippen LogP contribution is -2.49. The van der Waals surface area contributed by atoms with E-state index in [9.17, 15) is 14.4 Å². The number of carbonyl (C=O) groups is 3. The van der Waals surface area contributed by atoms with E-state index in [0.717, 1.165) is 12.8 Å². The van der Waals surface area contributed by atoms with Crippen LogP contribution in [-0.2, 0) is 9.59 Å². The molecule has 0 aromatic heterocycles. The highest BCUT2D eigenvalue weighted by atomic mass is 16.4. The molecule has 0 radical (unpaired) electrons. The van der Waals surface area contributed by atoms with Crippen molar-refractivity contribution in [3.63, 3.8) is 0 Å². The van der Waals surface area contributed by atoms with E-state index in [4.69, 9.17) is 5.11 Å². The molecule has 0 aliphatic carbocycles. The average Bonchev–Trinajstić information content (AvgIpc) is 2.46. The number of aliphatic carboxylic acids is 1. The Kier molecular flexibility index (Phi) is 6.45. The van der Waals surface area contributed by atoms with Gasteiger partial charge in [-0.3, -0.25) is 9.59 Å². The van der Waals surface area contributed by atoms with Crippen LogP contribution in [0, 0.1) is 5.92 Å². The number of carboxylic acids is 1. The highest BCUT2D eigenvalue weighted by Gasteiger charge is 2.31. The maximum atomic E-state index is 12.5. The summed E-state index contributed by atoms with van der Waals surface area (Å²) in [7, 11) is 3.39. The second-order valence-electron chi connectivity index (χ2n) is 5.52. The fraction of sp³-hybridized carbons (Fsp3) is 0.786. The number of carboxylic acid groups (broad SMARTS) is 1. The number of nitrogens with zero attached hydrogens (tertiary/aromatic N) is 3.